The molecule has 0 saturated heterocycles. The number of amides is 1. The Morgan fingerprint density at radius 1 is 1.35 bits per heavy atom. The predicted molar refractivity (Wildman–Crippen MR) is 66.5 cm³/mol. The fraction of sp³-hybridized carbons (Fsp3) is 0.167. The highest BCUT2D eigenvalue weighted by Gasteiger charge is 2.14. The summed E-state index contributed by atoms with van der Waals surface area (Å²) in [6.07, 6.45) is 1.37. The third kappa shape index (κ3) is 3.60. The fourth-order valence-corrected chi connectivity index (χ4v) is 1.47. The molecule has 0 unspecified atom stereocenters. The quantitative estimate of drug-likeness (QED) is 0.814. The third-order valence-corrected chi connectivity index (χ3v) is 2.23. The molecule has 0 bridgehead atoms. The Morgan fingerprint density at radius 3 is 2.53 bits per heavy atom. The molecule has 0 aliphatic rings. The summed E-state index contributed by atoms with van der Waals surface area (Å²) in [5, 5.41) is 11.6. The van der Waals surface area contributed by atoms with Crippen LogP contribution in [0.2, 0.25) is 5.02 Å². The SMILES string of the molecule is CC(C)=CC(=O)Nc1c(Cl)cccc1C(=O)O. The Balaban J connectivity index is 3.09. The van der Waals surface area contributed by atoms with Crippen molar-refractivity contribution >= 4 is 29.2 Å². The van der Waals surface area contributed by atoms with Gasteiger partial charge >= 0.3 is 5.97 Å². The number of hydrogen-bond acceptors (Lipinski definition) is 2. The fourth-order valence-electron chi connectivity index (χ4n) is 1.25. The van der Waals surface area contributed by atoms with E-state index in [0.29, 0.717) is 0 Å². The predicted octanol–water partition coefficient (Wildman–Crippen LogP) is 2.94. The van der Waals surface area contributed by atoms with Crippen molar-refractivity contribution in [1.82, 2.24) is 0 Å². The van der Waals surface area contributed by atoms with Crippen LogP contribution in [-0.4, -0.2) is 17.0 Å². The van der Waals surface area contributed by atoms with Crippen molar-refractivity contribution in [1.29, 1.82) is 0 Å². The number of carboxylic acid groups (broad SMARTS) is 1. The van der Waals surface area contributed by atoms with E-state index in [2.05, 4.69) is 5.32 Å². The molecule has 0 radical (unpaired) electrons. The van der Waals surface area contributed by atoms with Crippen LogP contribution in [0.4, 0.5) is 5.69 Å². The van der Waals surface area contributed by atoms with Gasteiger partial charge in [0.15, 0.2) is 0 Å². The van der Waals surface area contributed by atoms with Gasteiger partial charge < -0.3 is 10.4 Å². The zero-order chi connectivity index (χ0) is 13.0. The van der Waals surface area contributed by atoms with Gasteiger partial charge in [0.2, 0.25) is 5.91 Å². The Morgan fingerprint density at radius 2 is 2.00 bits per heavy atom. The molecule has 17 heavy (non-hydrogen) atoms. The molecule has 1 aromatic carbocycles. The van der Waals surface area contributed by atoms with Gasteiger partial charge in [0.05, 0.1) is 16.3 Å². The number of hydrogen-bond donors (Lipinski definition) is 2. The van der Waals surface area contributed by atoms with Gasteiger partial charge in [-0.1, -0.05) is 23.2 Å². The first kappa shape index (κ1) is 13.3. The van der Waals surface area contributed by atoms with E-state index >= 15 is 0 Å². The molecule has 1 amide bonds. The van der Waals surface area contributed by atoms with E-state index in [0.717, 1.165) is 5.57 Å². The number of halogens is 1. The van der Waals surface area contributed by atoms with Crippen LogP contribution in [-0.2, 0) is 4.79 Å². The zero-order valence-corrected chi connectivity index (χ0v) is 10.2. The van der Waals surface area contributed by atoms with Gasteiger partial charge in [0.1, 0.15) is 0 Å². The minimum atomic E-state index is -1.14. The van der Waals surface area contributed by atoms with Crippen LogP contribution in [0.25, 0.3) is 0 Å². The first-order chi connectivity index (χ1) is 7.91. The molecule has 0 fully saturated rings. The van der Waals surface area contributed by atoms with Crippen molar-refractivity contribution in [2.45, 2.75) is 13.8 Å². The van der Waals surface area contributed by atoms with Crippen LogP contribution in [0.3, 0.4) is 0 Å². The van der Waals surface area contributed by atoms with Crippen LogP contribution in [0.1, 0.15) is 24.2 Å². The van der Waals surface area contributed by atoms with Crippen molar-refractivity contribution in [3.8, 4) is 0 Å². The second-order valence-electron chi connectivity index (χ2n) is 3.68. The Kier molecular flexibility index (Phi) is 4.29. The van der Waals surface area contributed by atoms with E-state index in [1.807, 2.05) is 0 Å². The van der Waals surface area contributed by atoms with Crippen molar-refractivity contribution in [2.24, 2.45) is 0 Å². The minimum absolute atomic E-state index is 0.0343. The summed E-state index contributed by atoms with van der Waals surface area (Å²) >= 11 is 5.86. The van der Waals surface area contributed by atoms with Crippen LogP contribution in [0.5, 0.6) is 0 Å². The highest BCUT2D eigenvalue weighted by Crippen LogP contribution is 2.26. The normalized spacial score (nSPS) is 9.59. The summed E-state index contributed by atoms with van der Waals surface area (Å²) in [6, 6.07) is 4.42. The molecule has 0 atom stereocenters. The van der Waals surface area contributed by atoms with Crippen molar-refractivity contribution in [3.63, 3.8) is 0 Å². The maximum Gasteiger partial charge on any atom is 0.337 e. The average molecular weight is 254 g/mol. The Labute approximate surface area is 104 Å². The van der Waals surface area contributed by atoms with E-state index in [1.165, 1.54) is 24.3 Å². The van der Waals surface area contributed by atoms with Gasteiger partial charge in [-0.15, -0.1) is 0 Å². The third-order valence-electron chi connectivity index (χ3n) is 1.91. The smallest absolute Gasteiger partial charge is 0.337 e. The number of carbonyl (C=O) groups is 2. The maximum absolute atomic E-state index is 11.5. The molecule has 0 aliphatic heterocycles. The van der Waals surface area contributed by atoms with Gasteiger partial charge in [-0.2, -0.15) is 0 Å². The molecule has 4 nitrogen and oxygen atoms in total. The average Bonchev–Trinajstić information content (AvgIpc) is 2.19. The lowest BCUT2D eigenvalue weighted by molar-refractivity contribution is -0.111. The van der Waals surface area contributed by atoms with Crippen molar-refractivity contribution in [3.05, 3.63) is 40.4 Å². The number of nitrogens with one attached hydrogen (secondary N) is 1. The number of benzene rings is 1. The molecule has 1 aromatic rings. The zero-order valence-electron chi connectivity index (χ0n) is 9.45. The van der Waals surface area contributed by atoms with E-state index < -0.39 is 11.9 Å². The summed E-state index contributed by atoms with van der Waals surface area (Å²) in [4.78, 5) is 22.5. The van der Waals surface area contributed by atoms with Gasteiger partial charge in [-0.25, -0.2) is 4.79 Å². The number of rotatable bonds is 3. The van der Waals surface area contributed by atoms with E-state index in [1.54, 1.807) is 13.8 Å². The first-order valence-corrected chi connectivity index (χ1v) is 5.27. The van der Waals surface area contributed by atoms with Gasteiger partial charge in [0.25, 0.3) is 0 Å². The number of anilines is 1. The topological polar surface area (TPSA) is 66.4 Å². The number of carboxylic acids is 1. The standard InChI is InChI=1S/C12H12ClNO3/c1-7(2)6-10(15)14-11-8(12(16)17)4-3-5-9(11)13/h3-6H,1-2H3,(H,14,15)(H,16,17). The number of allylic oxidation sites excluding steroid dienone is 1. The van der Waals surface area contributed by atoms with Crippen LogP contribution in [0, 0.1) is 0 Å². The van der Waals surface area contributed by atoms with Gasteiger partial charge in [-0.05, 0) is 26.0 Å². The molecule has 90 valence electrons. The lowest BCUT2D eigenvalue weighted by Gasteiger charge is -2.08. The molecule has 0 saturated carbocycles. The molecule has 0 spiro atoms. The summed E-state index contributed by atoms with van der Waals surface area (Å²) in [7, 11) is 0. The van der Waals surface area contributed by atoms with Crippen LogP contribution >= 0.6 is 11.6 Å². The van der Waals surface area contributed by atoms with Gasteiger partial charge in [0, 0.05) is 6.08 Å². The van der Waals surface area contributed by atoms with E-state index in [4.69, 9.17) is 16.7 Å². The Bertz CT molecular complexity index is 491. The summed E-state index contributed by atoms with van der Waals surface area (Å²) in [5.74, 6) is -1.54. The van der Waals surface area contributed by atoms with Crippen LogP contribution < -0.4 is 5.32 Å². The first-order valence-electron chi connectivity index (χ1n) is 4.89. The molecular formula is C12H12ClNO3. The second kappa shape index (κ2) is 5.50. The molecule has 0 aliphatic carbocycles. The van der Waals surface area contributed by atoms with Crippen molar-refractivity contribution < 1.29 is 14.7 Å². The second-order valence-corrected chi connectivity index (χ2v) is 4.09. The molecule has 5 heteroatoms. The molecule has 2 N–H and O–H groups in total. The summed E-state index contributed by atoms with van der Waals surface area (Å²) in [5.41, 5.74) is 0.892. The highest BCUT2D eigenvalue weighted by molar-refractivity contribution is 6.34. The van der Waals surface area contributed by atoms with Crippen molar-refractivity contribution in [2.75, 3.05) is 5.32 Å². The summed E-state index contributed by atoms with van der Waals surface area (Å²) < 4.78 is 0. The lowest BCUT2D eigenvalue weighted by Crippen LogP contribution is -2.12. The lowest BCUT2D eigenvalue weighted by atomic mass is 10.1. The highest BCUT2D eigenvalue weighted by atomic mass is 35.5. The largest absolute Gasteiger partial charge is 0.478 e. The molecular weight excluding hydrogens is 242 g/mol. The van der Waals surface area contributed by atoms with E-state index in [-0.39, 0.29) is 16.3 Å². The molecule has 0 aromatic heterocycles. The maximum atomic E-state index is 11.5. The van der Waals surface area contributed by atoms with Crippen LogP contribution in [0.15, 0.2) is 29.8 Å². The Hall–Kier alpha value is -1.81. The number of aromatic carboxylic acids is 1. The van der Waals surface area contributed by atoms with E-state index in [9.17, 15) is 9.59 Å². The number of carbonyl (C=O) groups excluding carboxylic acids is 1. The molecule has 1 rings (SSSR count). The number of para-hydroxylation sites is 1. The monoisotopic (exact) mass is 253 g/mol. The van der Waals surface area contributed by atoms with Gasteiger partial charge in [-0.3, -0.25) is 4.79 Å². The summed E-state index contributed by atoms with van der Waals surface area (Å²) in [6.45, 7) is 3.54. The molecule has 0 heterocycles. The minimum Gasteiger partial charge on any atom is -0.478 e.